The van der Waals surface area contributed by atoms with Crippen molar-refractivity contribution < 1.29 is 19.1 Å². The van der Waals surface area contributed by atoms with Crippen molar-refractivity contribution in [1.29, 1.82) is 0 Å². The first-order valence-electron chi connectivity index (χ1n) is 8.82. The van der Waals surface area contributed by atoms with Gasteiger partial charge in [-0.1, -0.05) is 44.2 Å². The van der Waals surface area contributed by atoms with Crippen LogP contribution in [0.2, 0.25) is 0 Å². The number of hydrogen-bond acceptors (Lipinski definition) is 4. The smallest absolute Gasteiger partial charge is 0.338 e. The Labute approximate surface area is 158 Å². The van der Waals surface area contributed by atoms with E-state index < -0.39 is 23.9 Å². The Morgan fingerprint density at radius 1 is 0.852 bits per heavy atom. The van der Waals surface area contributed by atoms with E-state index in [1.54, 1.807) is 42.5 Å². The Balaban J connectivity index is 1.84. The van der Waals surface area contributed by atoms with Crippen LogP contribution in [0.25, 0.3) is 0 Å². The molecular formula is C21H24N2O4. The van der Waals surface area contributed by atoms with Crippen molar-refractivity contribution in [1.82, 2.24) is 10.9 Å². The molecule has 0 unspecified atom stereocenters. The number of carbonyl (C=O) groups excluding carboxylic acids is 3. The molecule has 2 N–H and O–H groups in total. The van der Waals surface area contributed by atoms with E-state index in [1.165, 1.54) is 6.92 Å². The summed E-state index contributed by atoms with van der Waals surface area (Å²) in [4.78, 5) is 36.1. The second kappa shape index (κ2) is 9.52. The van der Waals surface area contributed by atoms with Gasteiger partial charge in [-0.15, -0.1) is 0 Å². The van der Waals surface area contributed by atoms with Crippen LogP contribution >= 0.6 is 0 Å². The van der Waals surface area contributed by atoms with E-state index in [0.717, 1.165) is 12.0 Å². The minimum atomic E-state index is -1.05. The minimum absolute atomic E-state index is 0.371. The van der Waals surface area contributed by atoms with Gasteiger partial charge in [0, 0.05) is 5.56 Å². The van der Waals surface area contributed by atoms with Gasteiger partial charge in [0.1, 0.15) is 0 Å². The van der Waals surface area contributed by atoms with Crippen molar-refractivity contribution >= 4 is 17.8 Å². The van der Waals surface area contributed by atoms with Gasteiger partial charge in [-0.25, -0.2) is 4.79 Å². The molecule has 6 heteroatoms. The Morgan fingerprint density at radius 2 is 1.48 bits per heavy atom. The zero-order chi connectivity index (χ0) is 19.8. The highest BCUT2D eigenvalue weighted by atomic mass is 16.5. The zero-order valence-electron chi connectivity index (χ0n) is 15.7. The second-order valence-corrected chi connectivity index (χ2v) is 6.65. The Hall–Kier alpha value is -3.15. The lowest BCUT2D eigenvalue weighted by atomic mass is 10.0. The fourth-order valence-electron chi connectivity index (χ4n) is 2.41. The molecule has 2 rings (SSSR count). The highest BCUT2D eigenvalue weighted by molar-refractivity contribution is 5.96. The van der Waals surface area contributed by atoms with Gasteiger partial charge in [-0.2, -0.15) is 0 Å². The molecule has 0 radical (unpaired) electrons. The molecule has 0 aliphatic rings. The maximum atomic E-state index is 12.2. The number of benzene rings is 2. The molecule has 2 amide bonds. The number of rotatable bonds is 6. The second-order valence-electron chi connectivity index (χ2n) is 6.65. The van der Waals surface area contributed by atoms with Crippen LogP contribution in [0.1, 0.15) is 47.1 Å². The molecule has 0 aliphatic heterocycles. The molecule has 0 bridgehead atoms. The predicted octanol–water partition coefficient (Wildman–Crippen LogP) is 2.89. The van der Waals surface area contributed by atoms with Crippen molar-refractivity contribution in [3.05, 3.63) is 71.3 Å². The van der Waals surface area contributed by atoms with Crippen molar-refractivity contribution in [2.75, 3.05) is 0 Å². The summed E-state index contributed by atoms with van der Waals surface area (Å²) in [6, 6.07) is 15.6. The first kappa shape index (κ1) is 20.2. The predicted molar refractivity (Wildman–Crippen MR) is 102 cm³/mol. The summed E-state index contributed by atoms with van der Waals surface area (Å²) in [7, 11) is 0. The maximum absolute atomic E-state index is 12.2. The van der Waals surface area contributed by atoms with Gasteiger partial charge in [-0.3, -0.25) is 20.4 Å². The summed E-state index contributed by atoms with van der Waals surface area (Å²) in [5.74, 6) is -1.15. The van der Waals surface area contributed by atoms with E-state index in [1.807, 2.05) is 12.1 Å². The fraction of sp³-hybridized carbons (Fsp3) is 0.286. The van der Waals surface area contributed by atoms with E-state index in [9.17, 15) is 14.4 Å². The number of hydrogen-bond donors (Lipinski definition) is 2. The van der Waals surface area contributed by atoms with Crippen LogP contribution in [-0.4, -0.2) is 23.9 Å². The summed E-state index contributed by atoms with van der Waals surface area (Å²) in [5.41, 5.74) is 6.45. The maximum Gasteiger partial charge on any atom is 0.338 e. The van der Waals surface area contributed by atoms with E-state index in [4.69, 9.17) is 4.74 Å². The summed E-state index contributed by atoms with van der Waals surface area (Å²) < 4.78 is 5.15. The highest BCUT2D eigenvalue weighted by Crippen LogP contribution is 2.11. The molecule has 2 aromatic carbocycles. The topological polar surface area (TPSA) is 84.5 Å². The normalized spacial score (nSPS) is 11.6. The number of nitrogens with one attached hydrogen (secondary N) is 2. The molecule has 1 atom stereocenters. The van der Waals surface area contributed by atoms with Gasteiger partial charge >= 0.3 is 5.97 Å². The van der Waals surface area contributed by atoms with Crippen LogP contribution in [0, 0.1) is 5.92 Å². The third-order valence-electron chi connectivity index (χ3n) is 3.82. The molecular weight excluding hydrogens is 344 g/mol. The molecule has 142 valence electrons. The number of esters is 1. The van der Waals surface area contributed by atoms with Crippen LogP contribution < -0.4 is 10.9 Å². The van der Waals surface area contributed by atoms with Crippen LogP contribution in [-0.2, 0) is 16.0 Å². The Bertz CT molecular complexity index is 786. The highest BCUT2D eigenvalue weighted by Gasteiger charge is 2.19. The van der Waals surface area contributed by atoms with Gasteiger partial charge in [0.05, 0.1) is 5.56 Å². The molecule has 2 aromatic rings. The molecule has 0 saturated heterocycles. The number of carbonyl (C=O) groups is 3. The van der Waals surface area contributed by atoms with Crippen LogP contribution in [0.3, 0.4) is 0 Å². The lowest BCUT2D eigenvalue weighted by molar-refractivity contribution is -0.129. The standard InChI is InChI=1S/C21H24N2O4/c1-14(2)13-16-9-11-18(12-10-16)21(26)27-15(3)19(24)22-23-20(25)17-7-5-4-6-8-17/h4-12,14-15H,13H2,1-3H3,(H,22,24)(H,23,25)/t15-/m1/s1. The fourth-order valence-corrected chi connectivity index (χ4v) is 2.41. The first-order chi connectivity index (χ1) is 12.9. The monoisotopic (exact) mass is 368 g/mol. The van der Waals surface area contributed by atoms with Crippen LogP contribution in [0.15, 0.2) is 54.6 Å². The van der Waals surface area contributed by atoms with Crippen molar-refractivity contribution in [3.63, 3.8) is 0 Å². The van der Waals surface area contributed by atoms with Crippen LogP contribution in [0.5, 0.6) is 0 Å². The van der Waals surface area contributed by atoms with Crippen molar-refractivity contribution in [2.24, 2.45) is 5.92 Å². The van der Waals surface area contributed by atoms with Crippen molar-refractivity contribution in [2.45, 2.75) is 33.3 Å². The SMILES string of the molecule is CC(C)Cc1ccc(C(=O)O[C@H](C)C(=O)NNC(=O)c2ccccc2)cc1. The molecule has 27 heavy (non-hydrogen) atoms. The summed E-state index contributed by atoms with van der Waals surface area (Å²) in [5, 5.41) is 0. The number of hydrazine groups is 1. The molecule has 0 aromatic heterocycles. The minimum Gasteiger partial charge on any atom is -0.449 e. The van der Waals surface area contributed by atoms with Crippen LogP contribution in [0.4, 0.5) is 0 Å². The van der Waals surface area contributed by atoms with Gasteiger partial charge in [0.2, 0.25) is 0 Å². The van der Waals surface area contributed by atoms with E-state index in [0.29, 0.717) is 17.0 Å². The average molecular weight is 368 g/mol. The summed E-state index contributed by atoms with van der Waals surface area (Å²) >= 11 is 0. The molecule has 0 fully saturated rings. The van der Waals surface area contributed by atoms with E-state index in [-0.39, 0.29) is 0 Å². The zero-order valence-corrected chi connectivity index (χ0v) is 15.7. The third-order valence-corrected chi connectivity index (χ3v) is 3.82. The molecule has 0 aliphatic carbocycles. The third kappa shape index (κ3) is 6.26. The Kier molecular flexibility index (Phi) is 7.11. The molecule has 6 nitrogen and oxygen atoms in total. The lowest BCUT2D eigenvalue weighted by Gasteiger charge is -2.14. The summed E-state index contributed by atoms with van der Waals surface area (Å²) in [6.45, 7) is 5.69. The molecule has 0 heterocycles. The van der Waals surface area contributed by atoms with Crippen molar-refractivity contribution in [3.8, 4) is 0 Å². The molecule has 0 saturated carbocycles. The first-order valence-corrected chi connectivity index (χ1v) is 8.82. The van der Waals surface area contributed by atoms with Gasteiger partial charge in [-0.05, 0) is 49.1 Å². The largest absolute Gasteiger partial charge is 0.449 e. The molecule has 0 spiro atoms. The van der Waals surface area contributed by atoms with Gasteiger partial charge < -0.3 is 4.74 Å². The Morgan fingerprint density at radius 3 is 2.07 bits per heavy atom. The van der Waals surface area contributed by atoms with E-state index in [2.05, 4.69) is 24.7 Å². The quantitative estimate of drug-likeness (QED) is 0.606. The lowest BCUT2D eigenvalue weighted by Crippen LogP contribution is -2.46. The van der Waals surface area contributed by atoms with Gasteiger partial charge in [0.15, 0.2) is 6.10 Å². The number of amides is 2. The average Bonchev–Trinajstić information content (AvgIpc) is 2.66. The summed E-state index contributed by atoms with van der Waals surface area (Å²) in [6.07, 6.45) is -0.126. The van der Waals surface area contributed by atoms with Gasteiger partial charge in [0.25, 0.3) is 11.8 Å². The van der Waals surface area contributed by atoms with E-state index >= 15 is 0 Å². The number of ether oxygens (including phenoxy) is 1.